The highest BCUT2D eigenvalue weighted by molar-refractivity contribution is 7.80. The zero-order valence-corrected chi connectivity index (χ0v) is 17.5. The number of aryl methyl sites for hydroxylation is 1. The molecule has 4 nitrogen and oxygen atoms in total. The summed E-state index contributed by atoms with van der Waals surface area (Å²) in [7, 11) is 0. The molecule has 1 heterocycles. The van der Waals surface area contributed by atoms with Crippen molar-refractivity contribution in [2.45, 2.75) is 20.0 Å². The summed E-state index contributed by atoms with van der Waals surface area (Å²) >= 11 is 5.75. The van der Waals surface area contributed by atoms with E-state index >= 15 is 0 Å². The van der Waals surface area contributed by atoms with Crippen molar-refractivity contribution in [2.24, 2.45) is 0 Å². The Morgan fingerprint density at radius 3 is 2.10 bits per heavy atom. The van der Waals surface area contributed by atoms with Crippen molar-refractivity contribution in [3.05, 3.63) is 112 Å². The zero-order chi connectivity index (χ0) is 20.9. The second-order valence-electron chi connectivity index (χ2n) is 7.22. The van der Waals surface area contributed by atoms with Crippen LogP contribution in [0.2, 0.25) is 0 Å². The van der Waals surface area contributed by atoms with Gasteiger partial charge in [-0.1, -0.05) is 60.7 Å². The van der Waals surface area contributed by atoms with Crippen molar-refractivity contribution < 1.29 is 4.42 Å². The third-order valence-corrected chi connectivity index (χ3v) is 5.28. The predicted octanol–water partition coefficient (Wildman–Crippen LogP) is 5.50. The number of thiocarbonyl (C=S) groups is 1. The molecule has 5 heteroatoms. The van der Waals surface area contributed by atoms with E-state index in [1.54, 1.807) is 0 Å². The van der Waals surface area contributed by atoms with Gasteiger partial charge in [-0.3, -0.25) is 0 Å². The van der Waals surface area contributed by atoms with E-state index in [1.807, 2.05) is 61.5 Å². The van der Waals surface area contributed by atoms with E-state index in [0.717, 1.165) is 16.6 Å². The Kier molecular flexibility index (Phi) is 5.91. The van der Waals surface area contributed by atoms with E-state index in [-0.39, 0.29) is 5.63 Å². The first-order valence-corrected chi connectivity index (χ1v) is 10.2. The van der Waals surface area contributed by atoms with E-state index in [1.165, 1.54) is 17.2 Å². The third-order valence-electron chi connectivity index (χ3n) is 4.92. The molecule has 0 radical (unpaired) electrons. The van der Waals surface area contributed by atoms with Crippen LogP contribution in [0, 0.1) is 6.92 Å². The Morgan fingerprint density at radius 1 is 0.900 bits per heavy atom. The van der Waals surface area contributed by atoms with Crippen LogP contribution in [0.4, 0.5) is 5.69 Å². The number of hydrogen-bond donors (Lipinski definition) is 1. The lowest BCUT2D eigenvalue weighted by Crippen LogP contribution is -2.33. The van der Waals surface area contributed by atoms with Gasteiger partial charge < -0.3 is 14.6 Å². The van der Waals surface area contributed by atoms with Crippen LogP contribution >= 0.6 is 12.2 Å². The van der Waals surface area contributed by atoms with Gasteiger partial charge in [0.1, 0.15) is 5.58 Å². The summed E-state index contributed by atoms with van der Waals surface area (Å²) in [5, 5.41) is 4.83. The van der Waals surface area contributed by atoms with E-state index in [2.05, 4.69) is 34.5 Å². The molecule has 1 N–H and O–H groups in total. The summed E-state index contributed by atoms with van der Waals surface area (Å²) in [6, 6.07) is 27.7. The van der Waals surface area contributed by atoms with E-state index < -0.39 is 0 Å². The fourth-order valence-electron chi connectivity index (χ4n) is 3.41. The van der Waals surface area contributed by atoms with Gasteiger partial charge in [0.15, 0.2) is 5.11 Å². The smallest absolute Gasteiger partial charge is 0.336 e. The summed E-state index contributed by atoms with van der Waals surface area (Å²) in [6.07, 6.45) is 0. The molecule has 0 aliphatic rings. The normalized spacial score (nSPS) is 10.7. The minimum atomic E-state index is -0.352. The van der Waals surface area contributed by atoms with Crippen LogP contribution in [-0.4, -0.2) is 10.0 Å². The lowest BCUT2D eigenvalue weighted by atomic mass is 10.1. The molecule has 30 heavy (non-hydrogen) atoms. The van der Waals surface area contributed by atoms with Crippen molar-refractivity contribution in [1.29, 1.82) is 0 Å². The van der Waals surface area contributed by atoms with Crippen LogP contribution in [0.5, 0.6) is 0 Å². The molecule has 4 aromatic rings. The van der Waals surface area contributed by atoms with Crippen LogP contribution in [0.25, 0.3) is 11.0 Å². The number of hydrogen-bond acceptors (Lipinski definition) is 3. The Morgan fingerprint density at radius 2 is 1.50 bits per heavy atom. The van der Waals surface area contributed by atoms with Gasteiger partial charge in [-0.05, 0) is 48.0 Å². The Hall–Kier alpha value is -3.44. The SMILES string of the molecule is Cc1cc(=O)oc2cc(NC(=S)N(Cc3ccccc3)Cc3ccccc3)ccc12. The highest BCUT2D eigenvalue weighted by atomic mass is 32.1. The monoisotopic (exact) mass is 414 g/mol. The maximum atomic E-state index is 11.7. The first kappa shape index (κ1) is 19.9. The standard InChI is InChI=1S/C25H22N2O2S/c1-18-14-24(28)29-23-15-21(12-13-22(18)23)26-25(30)27(16-19-8-4-2-5-9-19)17-20-10-6-3-7-11-20/h2-15H,16-17H2,1H3,(H,26,30). The molecule has 0 aliphatic carbocycles. The van der Waals surface area contributed by atoms with Crippen LogP contribution in [0.15, 0.2) is 94.1 Å². The minimum absolute atomic E-state index is 0.352. The van der Waals surface area contributed by atoms with Crippen molar-refractivity contribution in [1.82, 2.24) is 4.90 Å². The van der Waals surface area contributed by atoms with Gasteiger partial charge in [0.05, 0.1) is 0 Å². The molecule has 150 valence electrons. The van der Waals surface area contributed by atoms with E-state index in [9.17, 15) is 4.79 Å². The number of fused-ring (bicyclic) bond motifs is 1. The maximum Gasteiger partial charge on any atom is 0.336 e. The summed E-state index contributed by atoms with van der Waals surface area (Å²) in [5.41, 5.74) is 4.23. The van der Waals surface area contributed by atoms with Gasteiger partial charge in [-0.25, -0.2) is 4.79 Å². The lowest BCUT2D eigenvalue weighted by molar-refractivity contribution is 0.413. The van der Waals surface area contributed by atoms with Crippen molar-refractivity contribution in [3.8, 4) is 0 Å². The Bertz CT molecular complexity index is 1180. The Labute approximate surface area is 180 Å². The van der Waals surface area contributed by atoms with Gasteiger partial charge >= 0.3 is 5.63 Å². The second kappa shape index (κ2) is 8.93. The number of nitrogens with zero attached hydrogens (tertiary/aromatic N) is 1. The first-order valence-electron chi connectivity index (χ1n) is 9.77. The van der Waals surface area contributed by atoms with Gasteiger partial charge in [0.25, 0.3) is 0 Å². The first-order chi connectivity index (χ1) is 14.6. The molecule has 0 amide bonds. The fraction of sp³-hybridized carbons (Fsp3) is 0.120. The third kappa shape index (κ3) is 4.75. The number of rotatable bonds is 5. The van der Waals surface area contributed by atoms with Gasteiger partial charge in [-0.2, -0.15) is 0 Å². The number of nitrogens with one attached hydrogen (secondary N) is 1. The molecular formula is C25H22N2O2S. The van der Waals surface area contributed by atoms with Gasteiger partial charge in [0, 0.05) is 36.3 Å². The number of anilines is 1. The summed E-state index contributed by atoms with van der Waals surface area (Å²) in [5.74, 6) is 0. The van der Waals surface area contributed by atoms with Crippen LogP contribution in [-0.2, 0) is 13.1 Å². The fourth-order valence-corrected chi connectivity index (χ4v) is 3.66. The van der Waals surface area contributed by atoms with Crippen LogP contribution in [0.3, 0.4) is 0 Å². The molecule has 3 aromatic carbocycles. The highest BCUT2D eigenvalue weighted by Gasteiger charge is 2.13. The van der Waals surface area contributed by atoms with Crippen molar-refractivity contribution >= 4 is 34.0 Å². The molecule has 0 saturated carbocycles. The average Bonchev–Trinajstić information content (AvgIpc) is 2.74. The van der Waals surface area contributed by atoms with Gasteiger partial charge in [0.2, 0.25) is 0 Å². The predicted molar refractivity (Wildman–Crippen MR) is 126 cm³/mol. The molecule has 0 bridgehead atoms. The second-order valence-corrected chi connectivity index (χ2v) is 7.60. The molecule has 0 spiro atoms. The molecule has 4 rings (SSSR count). The van der Waals surface area contributed by atoms with E-state index in [0.29, 0.717) is 23.8 Å². The molecule has 1 aromatic heterocycles. The maximum absolute atomic E-state index is 11.7. The summed E-state index contributed by atoms with van der Waals surface area (Å²) in [6.45, 7) is 3.27. The van der Waals surface area contributed by atoms with E-state index in [4.69, 9.17) is 16.6 Å². The van der Waals surface area contributed by atoms with Gasteiger partial charge in [-0.15, -0.1) is 0 Å². The molecular weight excluding hydrogens is 392 g/mol. The topological polar surface area (TPSA) is 45.5 Å². The molecule has 0 saturated heterocycles. The van der Waals surface area contributed by atoms with Crippen LogP contribution < -0.4 is 10.9 Å². The largest absolute Gasteiger partial charge is 0.423 e. The lowest BCUT2D eigenvalue weighted by Gasteiger charge is -2.26. The Balaban J connectivity index is 1.59. The summed E-state index contributed by atoms with van der Waals surface area (Å²) < 4.78 is 5.36. The quantitative estimate of drug-likeness (QED) is 0.345. The molecule has 0 fully saturated rings. The molecule has 0 aliphatic heterocycles. The average molecular weight is 415 g/mol. The molecule has 0 unspecified atom stereocenters. The highest BCUT2D eigenvalue weighted by Crippen LogP contribution is 2.21. The zero-order valence-electron chi connectivity index (χ0n) is 16.7. The molecule has 0 atom stereocenters. The minimum Gasteiger partial charge on any atom is -0.423 e. The number of benzene rings is 3. The van der Waals surface area contributed by atoms with Crippen molar-refractivity contribution in [3.63, 3.8) is 0 Å². The van der Waals surface area contributed by atoms with Crippen LogP contribution in [0.1, 0.15) is 16.7 Å². The summed E-state index contributed by atoms with van der Waals surface area (Å²) in [4.78, 5) is 13.9. The van der Waals surface area contributed by atoms with Crippen molar-refractivity contribution in [2.75, 3.05) is 5.32 Å².